The van der Waals surface area contributed by atoms with Gasteiger partial charge in [0.15, 0.2) is 0 Å². The van der Waals surface area contributed by atoms with E-state index in [1.165, 1.54) is 4.88 Å². The van der Waals surface area contributed by atoms with Crippen LogP contribution in [0.3, 0.4) is 0 Å². The van der Waals surface area contributed by atoms with Crippen LogP contribution in [0.5, 0.6) is 0 Å². The number of thiophene rings is 1. The zero-order valence-electron chi connectivity index (χ0n) is 6.34. The summed E-state index contributed by atoms with van der Waals surface area (Å²) in [5, 5.41) is 2.05. The highest BCUT2D eigenvalue weighted by Crippen LogP contribution is 2.34. The maximum atomic E-state index is 5.47. The minimum atomic E-state index is -0.128. The summed E-state index contributed by atoms with van der Waals surface area (Å²) >= 11 is 5.10. The highest BCUT2D eigenvalue weighted by Gasteiger charge is 2.40. The van der Waals surface area contributed by atoms with E-state index >= 15 is 0 Å². The van der Waals surface area contributed by atoms with Gasteiger partial charge in [0, 0.05) is 14.7 Å². The van der Waals surface area contributed by atoms with Crippen LogP contribution in [0.25, 0.3) is 0 Å². The summed E-state index contributed by atoms with van der Waals surface area (Å²) in [6.07, 6.45) is 0. The maximum Gasteiger partial charge on any atom is 0.113 e. The predicted octanol–water partition coefficient (Wildman–Crippen LogP) is 1.20. The van der Waals surface area contributed by atoms with Crippen LogP contribution in [0, 0.1) is 0 Å². The smallest absolute Gasteiger partial charge is 0.113 e. The largest absolute Gasteiger partial charge is 0.377 e. The summed E-state index contributed by atoms with van der Waals surface area (Å²) in [5.41, 5.74) is 2.68. The SMILES string of the molecule is NNC1(c2cc(Br)cs2)COC1. The van der Waals surface area contributed by atoms with Gasteiger partial charge in [-0.15, -0.1) is 11.3 Å². The molecule has 0 bridgehead atoms. The van der Waals surface area contributed by atoms with Crippen LogP contribution >= 0.6 is 27.3 Å². The Morgan fingerprint density at radius 2 is 2.42 bits per heavy atom. The second kappa shape index (κ2) is 3.08. The summed E-state index contributed by atoms with van der Waals surface area (Å²) in [7, 11) is 0. The third kappa shape index (κ3) is 1.22. The van der Waals surface area contributed by atoms with Gasteiger partial charge < -0.3 is 4.74 Å². The first kappa shape index (κ1) is 8.65. The molecule has 0 amide bonds. The lowest BCUT2D eigenvalue weighted by Gasteiger charge is -2.39. The number of nitrogens with one attached hydrogen (secondary N) is 1. The van der Waals surface area contributed by atoms with E-state index in [4.69, 9.17) is 10.6 Å². The summed E-state index contributed by atoms with van der Waals surface area (Å²) in [6, 6.07) is 2.08. The minimum absolute atomic E-state index is 0.128. The van der Waals surface area contributed by atoms with Crippen molar-refractivity contribution < 1.29 is 4.74 Å². The van der Waals surface area contributed by atoms with E-state index < -0.39 is 0 Å². The lowest BCUT2D eigenvalue weighted by molar-refractivity contribution is -0.0767. The molecule has 1 fully saturated rings. The fourth-order valence-corrected chi connectivity index (χ4v) is 2.73. The Bertz CT molecular complexity index is 279. The Hall–Kier alpha value is 0.0600. The molecule has 0 aromatic carbocycles. The Labute approximate surface area is 83.0 Å². The molecule has 1 aliphatic rings. The van der Waals surface area contributed by atoms with Crippen LogP contribution in [-0.2, 0) is 10.3 Å². The van der Waals surface area contributed by atoms with Crippen molar-refractivity contribution in [2.24, 2.45) is 5.84 Å². The fourth-order valence-electron chi connectivity index (χ4n) is 1.17. The molecule has 1 aromatic heterocycles. The van der Waals surface area contributed by atoms with Crippen LogP contribution in [0.2, 0.25) is 0 Å². The van der Waals surface area contributed by atoms with Gasteiger partial charge in [-0.2, -0.15) is 0 Å². The van der Waals surface area contributed by atoms with E-state index in [1.807, 2.05) is 5.38 Å². The van der Waals surface area contributed by atoms with Crippen molar-refractivity contribution in [1.82, 2.24) is 5.43 Å². The number of rotatable bonds is 2. The predicted molar refractivity (Wildman–Crippen MR) is 51.8 cm³/mol. The van der Waals surface area contributed by atoms with Gasteiger partial charge in [0.2, 0.25) is 0 Å². The highest BCUT2D eigenvalue weighted by atomic mass is 79.9. The summed E-state index contributed by atoms with van der Waals surface area (Å²) in [5.74, 6) is 5.47. The Balaban J connectivity index is 2.27. The van der Waals surface area contributed by atoms with Crippen molar-refractivity contribution >= 4 is 27.3 Å². The lowest BCUT2D eigenvalue weighted by Crippen LogP contribution is -2.59. The van der Waals surface area contributed by atoms with Gasteiger partial charge in [0.05, 0.1) is 13.2 Å². The quantitative estimate of drug-likeness (QED) is 0.611. The van der Waals surface area contributed by atoms with Crippen molar-refractivity contribution in [2.45, 2.75) is 5.54 Å². The normalized spacial score (nSPS) is 20.5. The second-order valence-corrected chi connectivity index (χ2v) is 4.68. The van der Waals surface area contributed by atoms with Crippen molar-refractivity contribution in [3.63, 3.8) is 0 Å². The van der Waals surface area contributed by atoms with E-state index in [2.05, 4.69) is 27.4 Å². The molecule has 3 nitrogen and oxygen atoms in total. The van der Waals surface area contributed by atoms with Gasteiger partial charge in [0.25, 0.3) is 0 Å². The van der Waals surface area contributed by atoms with E-state index in [9.17, 15) is 0 Å². The Morgan fingerprint density at radius 3 is 2.75 bits per heavy atom. The molecule has 0 saturated carbocycles. The van der Waals surface area contributed by atoms with Crippen LogP contribution in [0.1, 0.15) is 4.88 Å². The molecule has 66 valence electrons. The third-order valence-corrected chi connectivity index (χ3v) is 3.91. The van der Waals surface area contributed by atoms with Gasteiger partial charge >= 0.3 is 0 Å². The number of nitrogens with two attached hydrogens (primary N) is 1. The number of halogens is 1. The van der Waals surface area contributed by atoms with Gasteiger partial charge in [0.1, 0.15) is 5.54 Å². The molecule has 0 unspecified atom stereocenters. The summed E-state index contributed by atoms with van der Waals surface area (Å²) in [4.78, 5) is 1.23. The Morgan fingerprint density at radius 1 is 1.67 bits per heavy atom. The summed E-state index contributed by atoms with van der Waals surface area (Å²) < 4.78 is 6.24. The van der Waals surface area contributed by atoms with Crippen molar-refractivity contribution in [3.8, 4) is 0 Å². The first-order valence-electron chi connectivity index (χ1n) is 3.57. The number of hydrogen-bond acceptors (Lipinski definition) is 4. The molecule has 2 rings (SSSR count). The van der Waals surface area contributed by atoms with Gasteiger partial charge in [-0.3, -0.25) is 5.84 Å². The monoisotopic (exact) mass is 248 g/mol. The zero-order chi connectivity index (χ0) is 8.60. The van der Waals surface area contributed by atoms with E-state index in [1.54, 1.807) is 11.3 Å². The molecule has 1 aliphatic heterocycles. The first-order chi connectivity index (χ1) is 5.77. The van der Waals surface area contributed by atoms with Crippen molar-refractivity contribution in [1.29, 1.82) is 0 Å². The highest BCUT2D eigenvalue weighted by molar-refractivity contribution is 9.10. The molecule has 0 aliphatic carbocycles. The van der Waals surface area contributed by atoms with Crippen molar-refractivity contribution in [3.05, 3.63) is 20.8 Å². The molecule has 3 N–H and O–H groups in total. The molecule has 5 heteroatoms. The average Bonchev–Trinajstić information content (AvgIpc) is 2.35. The van der Waals surface area contributed by atoms with E-state index in [0.717, 1.165) is 4.47 Å². The molecule has 2 heterocycles. The molecule has 0 atom stereocenters. The van der Waals surface area contributed by atoms with Crippen LogP contribution in [0.4, 0.5) is 0 Å². The fraction of sp³-hybridized carbons (Fsp3) is 0.429. The topological polar surface area (TPSA) is 47.3 Å². The Kier molecular flexibility index (Phi) is 2.22. The van der Waals surface area contributed by atoms with Gasteiger partial charge in [-0.25, -0.2) is 5.43 Å². The molecule has 1 saturated heterocycles. The van der Waals surface area contributed by atoms with Crippen LogP contribution in [-0.4, -0.2) is 13.2 Å². The molecular weight excluding hydrogens is 240 g/mol. The van der Waals surface area contributed by atoms with E-state index in [-0.39, 0.29) is 5.54 Å². The molecule has 12 heavy (non-hydrogen) atoms. The van der Waals surface area contributed by atoms with Crippen LogP contribution in [0.15, 0.2) is 15.9 Å². The standard InChI is InChI=1S/C7H9BrN2OS/c8-5-1-6(12-2-5)7(10-9)3-11-4-7/h1-2,10H,3-4,9H2. The molecule has 1 aromatic rings. The molecular formula is C7H9BrN2OS. The van der Waals surface area contributed by atoms with Crippen molar-refractivity contribution in [2.75, 3.05) is 13.2 Å². The lowest BCUT2D eigenvalue weighted by atomic mass is 9.97. The third-order valence-electron chi connectivity index (χ3n) is 2.01. The molecule has 0 spiro atoms. The van der Waals surface area contributed by atoms with Gasteiger partial charge in [-0.05, 0) is 22.0 Å². The second-order valence-electron chi connectivity index (χ2n) is 2.85. The van der Waals surface area contributed by atoms with Crippen LogP contribution < -0.4 is 11.3 Å². The minimum Gasteiger partial charge on any atom is -0.377 e. The maximum absolute atomic E-state index is 5.47. The summed E-state index contributed by atoms with van der Waals surface area (Å²) in [6.45, 7) is 1.33. The molecule has 0 radical (unpaired) electrons. The number of hydrogen-bond donors (Lipinski definition) is 2. The number of ether oxygens (including phenoxy) is 1. The van der Waals surface area contributed by atoms with E-state index in [0.29, 0.717) is 13.2 Å². The number of hydrazine groups is 1. The zero-order valence-corrected chi connectivity index (χ0v) is 8.74. The first-order valence-corrected chi connectivity index (χ1v) is 5.24. The van der Waals surface area contributed by atoms with Gasteiger partial charge in [-0.1, -0.05) is 0 Å². The average molecular weight is 249 g/mol.